The summed E-state index contributed by atoms with van der Waals surface area (Å²) in [6, 6.07) is 9.15. The third-order valence-electron chi connectivity index (χ3n) is 4.07. The van der Waals surface area contributed by atoms with Crippen molar-refractivity contribution in [1.29, 1.82) is 0 Å². The van der Waals surface area contributed by atoms with Crippen LogP contribution in [0.25, 0.3) is 10.9 Å². The fourth-order valence-corrected chi connectivity index (χ4v) is 3.08. The van der Waals surface area contributed by atoms with E-state index in [0.29, 0.717) is 12.1 Å². The fraction of sp³-hybridized carbons (Fsp3) is 0.438. The third kappa shape index (κ3) is 2.66. The van der Waals surface area contributed by atoms with Crippen molar-refractivity contribution >= 4 is 22.5 Å². The van der Waals surface area contributed by atoms with Crippen molar-refractivity contribution in [3.63, 3.8) is 0 Å². The Balaban J connectivity index is 1.93. The lowest BCUT2D eigenvalue weighted by molar-refractivity contribution is 0.139. The lowest BCUT2D eigenvalue weighted by Crippen LogP contribution is -2.53. The molecule has 2 heterocycles. The molecule has 106 valence electrons. The standard InChI is InChI=1S/C16H20ClN3/c1-11-9-20(12(2)8-19-11)10-13-5-6-15(17)14-4-3-7-18-16(13)14/h3-7,11-12,19H,8-10H2,1-2H3. The van der Waals surface area contributed by atoms with Crippen LogP contribution in [0, 0.1) is 0 Å². The van der Waals surface area contributed by atoms with Crippen LogP contribution < -0.4 is 5.32 Å². The summed E-state index contributed by atoms with van der Waals surface area (Å²) in [5, 5.41) is 5.34. The van der Waals surface area contributed by atoms with Crippen LogP contribution in [0.2, 0.25) is 5.02 Å². The number of nitrogens with zero attached hydrogens (tertiary/aromatic N) is 2. The second-order valence-electron chi connectivity index (χ2n) is 5.69. The quantitative estimate of drug-likeness (QED) is 0.921. The first-order valence-corrected chi connectivity index (χ1v) is 7.52. The summed E-state index contributed by atoms with van der Waals surface area (Å²) in [4.78, 5) is 7.04. The zero-order valence-corrected chi connectivity index (χ0v) is 12.7. The first-order chi connectivity index (χ1) is 9.65. The SMILES string of the molecule is CC1CN(Cc2ccc(Cl)c3cccnc23)C(C)CN1. The number of rotatable bonds is 2. The van der Waals surface area contributed by atoms with Crippen molar-refractivity contribution in [2.75, 3.05) is 13.1 Å². The second kappa shape index (κ2) is 5.68. The van der Waals surface area contributed by atoms with Gasteiger partial charge in [0, 0.05) is 48.3 Å². The maximum absolute atomic E-state index is 6.26. The van der Waals surface area contributed by atoms with Crippen molar-refractivity contribution in [3.05, 3.63) is 41.0 Å². The van der Waals surface area contributed by atoms with Gasteiger partial charge in [0.25, 0.3) is 0 Å². The number of halogens is 1. The van der Waals surface area contributed by atoms with Gasteiger partial charge >= 0.3 is 0 Å². The van der Waals surface area contributed by atoms with Gasteiger partial charge in [0.05, 0.1) is 5.52 Å². The van der Waals surface area contributed by atoms with Crippen LogP contribution in [0.4, 0.5) is 0 Å². The van der Waals surface area contributed by atoms with Gasteiger partial charge in [0.1, 0.15) is 0 Å². The summed E-state index contributed by atoms with van der Waals surface area (Å²) in [5.41, 5.74) is 2.28. The first kappa shape index (κ1) is 13.8. The molecule has 3 rings (SSSR count). The summed E-state index contributed by atoms with van der Waals surface area (Å²) < 4.78 is 0. The smallest absolute Gasteiger partial charge is 0.0761 e. The molecule has 1 saturated heterocycles. The average Bonchev–Trinajstić information content (AvgIpc) is 2.46. The molecular weight excluding hydrogens is 270 g/mol. The molecule has 0 radical (unpaired) electrons. The second-order valence-corrected chi connectivity index (χ2v) is 6.10. The van der Waals surface area contributed by atoms with Crippen LogP contribution in [0.1, 0.15) is 19.4 Å². The maximum atomic E-state index is 6.26. The zero-order chi connectivity index (χ0) is 14.1. The summed E-state index contributed by atoms with van der Waals surface area (Å²) in [6.07, 6.45) is 1.84. The zero-order valence-electron chi connectivity index (χ0n) is 11.9. The van der Waals surface area contributed by atoms with Crippen molar-refractivity contribution < 1.29 is 0 Å². The molecular formula is C16H20ClN3. The van der Waals surface area contributed by atoms with E-state index in [2.05, 4.69) is 35.1 Å². The van der Waals surface area contributed by atoms with E-state index in [9.17, 15) is 0 Å². The molecule has 1 N–H and O–H groups in total. The molecule has 20 heavy (non-hydrogen) atoms. The van der Waals surface area contributed by atoms with Crippen LogP contribution in [-0.2, 0) is 6.54 Å². The van der Waals surface area contributed by atoms with Crippen molar-refractivity contribution in [2.24, 2.45) is 0 Å². The van der Waals surface area contributed by atoms with Gasteiger partial charge in [0.2, 0.25) is 0 Å². The Kier molecular flexibility index (Phi) is 3.92. The number of fused-ring (bicyclic) bond motifs is 1. The van der Waals surface area contributed by atoms with Gasteiger partial charge in [-0.3, -0.25) is 9.88 Å². The molecule has 2 atom stereocenters. The van der Waals surface area contributed by atoms with Gasteiger partial charge in [-0.05, 0) is 37.6 Å². The topological polar surface area (TPSA) is 28.2 Å². The third-order valence-corrected chi connectivity index (χ3v) is 4.40. The minimum absolute atomic E-state index is 0.540. The monoisotopic (exact) mass is 289 g/mol. The van der Waals surface area contributed by atoms with Gasteiger partial charge < -0.3 is 5.32 Å². The Morgan fingerprint density at radius 1 is 1.35 bits per heavy atom. The number of piperazine rings is 1. The molecule has 0 aliphatic carbocycles. The Bertz CT molecular complexity index is 614. The number of aromatic nitrogens is 1. The highest BCUT2D eigenvalue weighted by Crippen LogP contribution is 2.26. The molecule has 2 unspecified atom stereocenters. The molecule has 0 bridgehead atoms. The number of nitrogens with one attached hydrogen (secondary N) is 1. The minimum Gasteiger partial charge on any atom is -0.311 e. The number of benzene rings is 1. The van der Waals surface area contributed by atoms with E-state index in [4.69, 9.17) is 11.6 Å². The van der Waals surface area contributed by atoms with Gasteiger partial charge in [-0.25, -0.2) is 0 Å². The maximum Gasteiger partial charge on any atom is 0.0761 e. The molecule has 1 aliphatic heterocycles. The predicted molar refractivity (Wildman–Crippen MR) is 84.1 cm³/mol. The van der Waals surface area contributed by atoms with Crippen molar-refractivity contribution in [1.82, 2.24) is 15.2 Å². The van der Waals surface area contributed by atoms with Crippen LogP contribution in [0.3, 0.4) is 0 Å². The molecule has 0 spiro atoms. The highest BCUT2D eigenvalue weighted by molar-refractivity contribution is 6.35. The molecule has 4 heteroatoms. The van der Waals surface area contributed by atoms with Crippen LogP contribution in [0.5, 0.6) is 0 Å². The summed E-state index contributed by atoms with van der Waals surface area (Å²) in [5.74, 6) is 0. The average molecular weight is 290 g/mol. The molecule has 0 amide bonds. The Labute approximate surface area is 124 Å². The molecule has 1 aliphatic rings. The van der Waals surface area contributed by atoms with Crippen LogP contribution in [-0.4, -0.2) is 35.1 Å². The first-order valence-electron chi connectivity index (χ1n) is 7.14. The van der Waals surface area contributed by atoms with E-state index in [0.717, 1.165) is 35.6 Å². The molecule has 1 aromatic carbocycles. The fourth-order valence-electron chi connectivity index (χ4n) is 2.86. The van der Waals surface area contributed by atoms with Crippen LogP contribution in [0.15, 0.2) is 30.5 Å². The normalized spacial score (nSPS) is 24.1. The molecule has 3 nitrogen and oxygen atoms in total. The number of hydrogen-bond donors (Lipinski definition) is 1. The Hall–Kier alpha value is -1.16. The van der Waals surface area contributed by atoms with E-state index in [1.54, 1.807) is 0 Å². The Morgan fingerprint density at radius 3 is 3.05 bits per heavy atom. The van der Waals surface area contributed by atoms with E-state index < -0.39 is 0 Å². The van der Waals surface area contributed by atoms with Crippen molar-refractivity contribution in [2.45, 2.75) is 32.5 Å². The van der Waals surface area contributed by atoms with E-state index in [1.165, 1.54) is 5.56 Å². The molecule has 0 saturated carbocycles. The van der Waals surface area contributed by atoms with E-state index in [-0.39, 0.29) is 0 Å². The molecule has 2 aromatic rings. The van der Waals surface area contributed by atoms with E-state index >= 15 is 0 Å². The Morgan fingerprint density at radius 2 is 2.20 bits per heavy atom. The minimum atomic E-state index is 0.540. The number of hydrogen-bond acceptors (Lipinski definition) is 3. The lowest BCUT2D eigenvalue weighted by Gasteiger charge is -2.37. The lowest BCUT2D eigenvalue weighted by atomic mass is 10.1. The summed E-state index contributed by atoms with van der Waals surface area (Å²) in [7, 11) is 0. The highest BCUT2D eigenvalue weighted by Gasteiger charge is 2.23. The largest absolute Gasteiger partial charge is 0.311 e. The molecule has 1 fully saturated rings. The summed E-state index contributed by atoms with van der Waals surface area (Å²) in [6.45, 7) is 7.54. The van der Waals surface area contributed by atoms with Gasteiger partial charge in [0.15, 0.2) is 0 Å². The van der Waals surface area contributed by atoms with E-state index in [1.807, 2.05) is 24.4 Å². The highest BCUT2D eigenvalue weighted by atomic mass is 35.5. The van der Waals surface area contributed by atoms with Gasteiger partial charge in [-0.15, -0.1) is 0 Å². The van der Waals surface area contributed by atoms with Gasteiger partial charge in [-0.1, -0.05) is 17.7 Å². The predicted octanol–water partition coefficient (Wildman–Crippen LogP) is 3.07. The summed E-state index contributed by atoms with van der Waals surface area (Å²) >= 11 is 6.26. The van der Waals surface area contributed by atoms with Crippen LogP contribution >= 0.6 is 11.6 Å². The van der Waals surface area contributed by atoms with Crippen molar-refractivity contribution in [3.8, 4) is 0 Å². The van der Waals surface area contributed by atoms with Gasteiger partial charge in [-0.2, -0.15) is 0 Å². The molecule has 1 aromatic heterocycles. The number of pyridine rings is 1.